The molecule has 2 N–H and O–H groups in total. The number of pyridine rings is 1. The van der Waals surface area contributed by atoms with Crippen LogP contribution in [0.4, 0.5) is 21.8 Å². The van der Waals surface area contributed by atoms with Crippen LogP contribution in [-0.2, 0) is 0 Å². The van der Waals surface area contributed by atoms with Gasteiger partial charge in [-0.25, -0.2) is 18.9 Å². The monoisotopic (exact) mass is 554 g/mol. The number of ether oxygens (including phenoxy) is 3. The summed E-state index contributed by atoms with van der Waals surface area (Å²) >= 11 is 0. The van der Waals surface area contributed by atoms with E-state index in [1.807, 2.05) is 30.3 Å². The molecule has 1 aliphatic carbocycles. The Balaban J connectivity index is 1.56. The van der Waals surface area contributed by atoms with Crippen molar-refractivity contribution in [3.05, 3.63) is 72.7 Å². The van der Waals surface area contributed by atoms with Crippen molar-refractivity contribution in [2.75, 3.05) is 32.0 Å². The molecule has 10 heteroatoms. The molecule has 6 rings (SSSR count). The van der Waals surface area contributed by atoms with E-state index in [9.17, 15) is 4.39 Å². The molecule has 3 aromatic heterocycles. The number of rotatable bonds is 8. The van der Waals surface area contributed by atoms with Crippen LogP contribution in [0.25, 0.3) is 28.0 Å². The number of nitrogens with zero attached hydrogens (tertiary/aromatic N) is 5. The maximum absolute atomic E-state index is 13.8. The Bertz CT molecular complexity index is 1700. The van der Waals surface area contributed by atoms with E-state index >= 15 is 0 Å². The molecule has 210 valence electrons. The standard InChI is InChI=1S/C31H31FN6O3/c1-39-25-16-15-24(29(40-2)30(25)41-3)37(21-7-4-5-8-21)31-34-18-17-22(35-31)27-23-9-6-10-26(33)38(23)36-28(27)19-11-13-20(32)14-12-19/h6,9-18,21H,4-5,7-8,33H2,1-3H3. The second-order valence-electron chi connectivity index (χ2n) is 9.88. The lowest BCUT2D eigenvalue weighted by Gasteiger charge is -2.31. The van der Waals surface area contributed by atoms with Crippen molar-refractivity contribution in [3.63, 3.8) is 0 Å². The van der Waals surface area contributed by atoms with Gasteiger partial charge in [0.25, 0.3) is 0 Å². The molecule has 0 unspecified atom stereocenters. The van der Waals surface area contributed by atoms with Crippen molar-refractivity contribution in [1.29, 1.82) is 0 Å². The Kier molecular flexibility index (Phi) is 7.05. The lowest BCUT2D eigenvalue weighted by Crippen LogP contribution is -2.30. The fourth-order valence-electron chi connectivity index (χ4n) is 5.66. The zero-order valence-electron chi connectivity index (χ0n) is 23.2. The number of methoxy groups -OCH3 is 3. The number of halogens is 1. The normalized spacial score (nSPS) is 13.5. The number of aromatic nitrogens is 4. The van der Waals surface area contributed by atoms with Crippen LogP contribution in [0.2, 0.25) is 0 Å². The molecule has 1 fully saturated rings. The summed E-state index contributed by atoms with van der Waals surface area (Å²) in [6, 6.07) is 17.7. The van der Waals surface area contributed by atoms with Crippen molar-refractivity contribution in [3.8, 4) is 39.8 Å². The van der Waals surface area contributed by atoms with E-state index < -0.39 is 0 Å². The van der Waals surface area contributed by atoms with E-state index in [1.165, 1.54) is 12.1 Å². The first-order valence-electron chi connectivity index (χ1n) is 13.5. The minimum Gasteiger partial charge on any atom is -0.493 e. The molecule has 5 aromatic rings. The highest BCUT2D eigenvalue weighted by molar-refractivity contribution is 5.91. The maximum atomic E-state index is 13.8. The van der Waals surface area contributed by atoms with Gasteiger partial charge in [-0.1, -0.05) is 18.9 Å². The lowest BCUT2D eigenvalue weighted by atomic mass is 10.0. The average Bonchev–Trinajstić information content (AvgIpc) is 3.67. The highest BCUT2D eigenvalue weighted by atomic mass is 19.1. The molecular formula is C31H31FN6O3. The lowest BCUT2D eigenvalue weighted by molar-refractivity contribution is 0.324. The number of hydrogen-bond donors (Lipinski definition) is 1. The first-order chi connectivity index (χ1) is 20.0. The van der Waals surface area contributed by atoms with Crippen molar-refractivity contribution in [1.82, 2.24) is 19.6 Å². The minimum atomic E-state index is -0.320. The van der Waals surface area contributed by atoms with E-state index in [2.05, 4.69) is 4.90 Å². The molecule has 0 aliphatic heterocycles. The molecule has 41 heavy (non-hydrogen) atoms. The second-order valence-corrected chi connectivity index (χ2v) is 9.88. The zero-order valence-corrected chi connectivity index (χ0v) is 23.2. The van der Waals surface area contributed by atoms with Crippen LogP contribution >= 0.6 is 0 Å². The van der Waals surface area contributed by atoms with Crippen LogP contribution in [0, 0.1) is 5.82 Å². The van der Waals surface area contributed by atoms with Gasteiger partial charge in [0.2, 0.25) is 11.7 Å². The predicted octanol–water partition coefficient (Wildman–Crippen LogP) is 6.29. The maximum Gasteiger partial charge on any atom is 0.230 e. The van der Waals surface area contributed by atoms with Crippen molar-refractivity contribution < 1.29 is 18.6 Å². The quantitative estimate of drug-likeness (QED) is 0.239. The smallest absolute Gasteiger partial charge is 0.230 e. The predicted molar refractivity (Wildman–Crippen MR) is 157 cm³/mol. The fraction of sp³-hybridized carbons (Fsp3) is 0.258. The van der Waals surface area contributed by atoms with Crippen molar-refractivity contribution in [2.45, 2.75) is 31.7 Å². The summed E-state index contributed by atoms with van der Waals surface area (Å²) in [5.41, 5.74) is 10.7. The van der Waals surface area contributed by atoms with Gasteiger partial charge in [-0.3, -0.25) is 0 Å². The minimum absolute atomic E-state index is 0.161. The van der Waals surface area contributed by atoms with Gasteiger partial charge in [-0.05, 0) is 67.4 Å². The van der Waals surface area contributed by atoms with Gasteiger partial charge in [0.1, 0.15) is 17.3 Å². The Morgan fingerprint density at radius 3 is 2.37 bits per heavy atom. The number of nitrogen functional groups attached to an aromatic ring is 1. The van der Waals surface area contributed by atoms with Crippen LogP contribution < -0.4 is 24.8 Å². The van der Waals surface area contributed by atoms with E-state index in [-0.39, 0.29) is 11.9 Å². The molecule has 3 heterocycles. The number of nitrogens with two attached hydrogens (primary N) is 1. The zero-order chi connectivity index (χ0) is 28.5. The van der Waals surface area contributed by atoms with E-state index in [0.29, 0.717) is 40.4 Å². The molecule has 9 nitrogen and oxygen atoms in total. The highest BCUT2D eigenvalue weighted by Gasteiger charge is 2.31. The van der Waals surface area contributed by atoms with Crippen molar-refractivity contribution >= 4 is 23.0 Å². The highest BCUT2D eigenvalue weighted by Crippen LogP contribution is 2.48. The molecule has 2 aromatic carbocycles. The Morgan fingerprint density at radius 1 is 0.902 bits per heavy atom. The molecular weight excluding hydrogens is 523 g/mol. The number of hydrogen-bond acceptors (Lipinski definition) is 8. The summed E-state index contributed by atoms with van der Waals surface area (Å²) in [5, 5.41) is 4.81. The molecule has 0 atom stereocenters. The molecule has 1 aliphatic rings. The molecule has 0 amide bonds. The van der Waals surface area contributed by atoms with Gasteiger partial charge in [-0.2, -0.15) is 5.10 Å². The van der Waals surface area contributed by atoms with Gasteiger partial charge in [0, 0.05) is 17.8 Å². The summed E-state index contributed by atoms with van der Waals surface area (Å²) in [4.78, 5) is 12.0. The van der Waals surface area contributed by atoms with Gasteiger partial charge in [0.15, 0.2) is 11.5 Å². The average molecular weight is 555 g/mol. The third-order valence-corrected chi connectivity index (χ3v) is 7.55. The SMILES string of the molecule is COc1ccc(N(c2nccc(-c3c(-c4ccc(F)cc4)nn4c(N)cccc34)n2)C2CCCC2)c(OC)c1OC. The summed E-state index contributed by atoms with van der Waals surface area (Å²) in [6.45, 7) is 0. The number of fused-ring (bicyclic) bond motifs is 1. The third kappa shape index (κ3) is 4.65. The Labute approximate surface area is 237 Å². The third-order valence-electron chi connectivity index (χ3n) is 7.55. The molecule has 0 radical (unpaired) electrons. The van der Waals surface area contributed by atoms with E-state index in [0.717, 1.165) is 48.0 Å². The van der Waals surface area contributed by atoms with Crippen LogP contribution in [0.3, 0.4) is 0 Å². The summed E-state index contributed by atoms with van der Waals surface area (Å²) in [6.07, 6.45) is 5.94. The molecule has 0 bridgehead atoms. The van der Waals surface area contributed by atoms with Crippen molar-refractivity contribution in [2.24, 2.45) is 0 Å². The van der Waals surface area contributed by atoms with Crippen LogP contribution in [0.1, 0.15) is 25.7 Å². The molecule has 0 saturated heterocycles. The number of anilines is 3. The second kappa shape index (κ2) is 11.0. The van der Waals surface area contributed by atoms with Gasteiger partial charge in [0.05, 0.1) is 43.8 Å². The van der Waals surface area contributed by atoms with Gasteiger partial charge < -0.3 is 24.8 Å². The van der Waals surface area contributed by atoms with Gasteiger partial charge in [-0.15, -0.1) is 0 Å². The Morgan fingerprint density at radius 2 is 1.66 bits per heavy atom. The fourth-order valence-corrected chi connectivity index (χ4v) is 5.66. The topological polar surface area (TPSA) is 100 Å². The van der Waals surface area contributed by atoms with E-state index in [4.69, 9.17) is 35.0 Å². The van der Waals surface area contributed by atoms with Gasteiger partial charge >= 0.3 is 0 Å². The molecule has 0 spiro atoms. The Hall–Kier alpha value is -4.86. The van der Waals surface area contributed by atoms with Crippen LogP contribution in [0.5, 0.6) is 17.2 Å². The number of benzene rings is 2. The molecule has 1 saturated carbocycles. The van der Waals surface area contributed by atoms with Crippen LogP contribution in [-0.4, -0.2) is 47.0 Å². The first kappa shape index (κ1) is 26.4. The summed E-state index contributed by atoms with van der Waals surface area (Å²) < 4.78 is 32.6. The largest absolute Gasteiger partial charge is 0.493 e. The summed E-state index contributed by atoms with van der Waals surface area (Å²) in [7, 11) is 4.80. The van der Waals surface area contributed by atoms with Crippen LogP contribution in [0.15, 0.2) is 66.9 Å². The summed E-state index contributed by atoms with van der Waals surface area (Å²) in [5.74, 6) is 2.30. The van der Waals surface area contributed by atoms with E-state index in [1.54, 1.807) is 50.2 Å². The first-order valence-corrected chi connectivity index (χ1v) is 13.5.